The summed E-state index contributed by atoms with van der Waals surface area (Å²) in [6, 6.07) is 2.13. The minimum atomic E-state index is -0.787. The lowest BCUT2D eigenvalue weighted by molar-refractivity contribution is -0.116. The second kappa shape index (κ2) is 8.23. The lowest BCUT2D eigenvalue weighted by atomic mass is 9.75. The van der Waals surface area contributed by atoms with Crippen LogP contribution in [0.2, 0.25) is 0 Å². The minimum Gasteiger partial charge on any atom is -0.492 e. The molecule has 0 spiro atoms. The number of halogens is 1. The Bertz CT molecular complexity index is 1050. The van der Waals surface area contributed by atoms with Crippen molar-refractivity contribution in [3.05, 3.63) is 33.9 Å². The Kier molecular flexibility index (Phi) is 5.63. The van der Waals surface area contributed by atoms with Gasteiger partial charge in [0.1, 0.15) is 17.4 Å². The van der Waals surface area contributed by atoms with Crippen molar-refractivity contribution in [2.45, 2.75) is 43.9 Å². The molecule has 1 aliphatic carbocycles. The first-order valence-electron chi connectivity index (χ1n) is 9.97. The number of fused-ring (bicyclic) bond motifs is 1. The maximum Gasteiger partial charge on any atom is 0.231 e. The quantitative estimate of drug-likeness (QED) is 0.684. The van der Waals surface area contributed by atoms with E-state index in [1.165, 1.54) is 14.2 Å². The highest BCUT2D eigenvalue weighted by atomic mass is 35.5. The van der Waals surface area contributed by atoms with Crippen LogP contribution in [-0.4, -0.2) is 32.2 Å². The molecule has 9 heteroatoms. The fraction of sp³-hybridized carbons (Fsp3) is 0.455. The highest BCUT2D eigenvalue weighted by Gasteiger charge is 2.43. The van der Waals surface area contributed by atoms with E-state index in [4.69, 9.17) is 41.0 Å². The summed E-state index contributed by atoms with van der Waals surface area (Å²) in [6.07, 6.45) is 1.96. The van der Waals surface area contributed by atoms with E-state index in [9.17, 15) is 10.1 Å². The number of alkyl halides is 1. The molecule has 2 aliphatic heterocycles. The number of nitrogens with zero attached hydrogens (tertiary/aromatic N) is 1. The Balaban J connectivity index is 2.10. The summed E-state index contributed by atoms with van der Waals surface area (Å²) in [6.45, 7) is 1.84. The number of hydrogen-bond acceptors (Lipinski definition) is 8. The number of methoxy groups -OCH3 is 2. The van der Waals surface area contributed by atoms with Crippen LogP contribution >= 0.6 is 11.6 Å². The van der Waals surface area contributed by atoms with Gasteiger partial charge in [-0.2, -0.15) is 5.26 Å². The van der Waals surface area contributed by atoms with Crippen molar-refractivity contribution in [1.82, 2.24) is 0 Å². The average Bonchev–Trinajstić information content (AvgIpc) is 3.21. The van der Waals surface area contributed by atoms with Crippen molar-refractivity contribution in [3.63, 3.8) is 0 Å². The molecule has 31 heavy (non-hydrogen) atoms. The summed E-state index contributed by atoms with van der Waals surface area (Å²) in [5.74, 6) is 1.14. The average molecular weight is 447 g/mol. The molecular formula is C22H23ClN2O6. The van der Waals surface area contributed by atoms with Gasteiger partial charge in [0.25, 0.3) is 0 Å². The van der Waals surface area contributed by atoms with Crippen molar-refractivity contribution in [2.24, 2.45) is 5.73 Å². The van der Waals surface area contributed by atoms with Gasteiger partial charge < -0.3 is 29.4 Å². The van der Waals surface area contributed by atoms with E-state index in [2.05, 4.69) is 6.07 Å². The van der Waals surface area contributed by atoms with Gasteiger partial charge in [-0.3, -0.25) is 4.79 Å². The van der Waals surface area contributed by atoms with Gasteiger partial charge in [0.05, 0.1) is 20.1 Å². The third-order valence-corrected chi connectivity index (χ3v) is 5.81. The summed E-state index contributed by atoms with van der Waals surface area (Å²) >= 11 is 6.39. The predicted molar refractivity (Wildman–Crippen MR) is 111 cm³/mol. The number of hydrogen-bond donors (Lipinski definition) is 1. The third kappa shape index (κ3) is 3.33. The summed E-state index contributed by atoms with van der Waals surface area (Å²) < 4.78 is 28.5. The number of carbonyl (C=O) groups excluding carboxylic acids is 1. The van der Waals surface area contributed by atoms with E-state index < -0.39 is 5.92 Å². The van der Waals surface area contributed by atoms with Crippen LogP contribution in [0.1, 0.15) is 43.2 Å². The normalized spacial score (nSPS) is 20.7. The molecule has 1 aromatic carbocycles. The maximum atomic E-state index is 13.0. The number of ketones is 1. The van der Waals surface area contributed by atoms with Gasteiger partial charge >= 0.3 is 0 Å². The van der Waals surface area contributed by atoms with E-state index in [0.717, 1.165) is 0 Å². The van der Waals surface area contributed by atoms with Crippen LogP contribution in [0.15, 0.2) is 22.8 Å². The fourth-order valence-electron chi connectivity index (χ4n) is 4.49. The van der Waals surface area contributed by atoms with E-state index in [1.807, 2.05) is 6.92 Å². The summed E-state index contributed by atoms with van der Waals surface area (Å²) in [4.78, 5) is 13.0. The zero-order chi connectivity index (χ0) is 22.3. The molecule has 0 saturated heterocycles. The smallest absolute Gasteiger partial charge is 0.231 e. The molecule has 2 N–H and O–H groups in total. The van der Waals surface area contributed by atoms with Gasteiger partial charge in [0, 0.05) is 34.9 Å². The molecule has 8 nitrogen and oxygen atoms in total. The van der Waals surface area contributed by atoms with E-state index in [1.54, 1.807) is 0 Å². The first kappa shape index (κ1) is 21.2. The molecule has 0 bridgehead atoms. The molecule has 2 unspecified atom stereocenters. The molecule has 0 aromatic heterocycles. The van der Waals surface area contributed by atoms with Crippen molar-refractivity contribution in [2.75, 3.05) is 21.0 Å². The van der Waals surface area contributed by atoms with Crippen LogP contribution in [0.3, 0.4) is 0 Å². The molecule has 2 heterocycles. The number of Topliss-reactive ketones (excluding diaryl/α,β-unsaturated/α-hetero) is 1. The topological polar surface area (TPSA) is 113 Å². The van der Waals surface area contributed by atoms with Gasteiger partial charge in [-0.25, -0.2) is 0 Å². The highest BCUT2D eigenvalue weighted by Crippen LogP contribution is 2.57. The first-order chi connectivity index (χ1) is 14.9. The zero-order valence-electron chi connectivity index (χ0n) is 17.5. The summed E-state index contributed by atoms with van der Waals surface area (Å²) in [7, 11) is 3.02. The zero-order valence-corrected chi connectivity index (χ0v) is 18.3. The first-order valence-corrected chi connectivity index (χ1v) is 10.4. The number of carbonyl (C=O) groups is 1. The molecule has 0 radical (unpaired) electrons. The monoisotopic (exact) mass is 446 g/mol. The van der Waals surface area contributed by atoms with Crippen LogP contribution in [0.4, 0.5) is 0 Å². The maximum absolute atomic E-state index is 13.0. The number of benzene rings is 1. The Morgan fingerprint density at radius 2 is 1.90 bits per heavy atom. The second-order valence-electron chi connectivity index (χ2n) is 7.55. The molecule has 1 aromatic rings. The highest BCUT2D eigenvalue weighted by molar-refractivity contribution is 6.20. The van der Waals surface area contributed by atoms with Gasteiger partial charge in [-0.1, -0.05) is 0 Å². The van der Waals surface area contributed by atoms with E-state index >= 15 is 0 Å². The summed E-state index contributed by atoms with van der Waals surface area (Å²) in [5.41, 5.74) is 7.91. The summed E-state index contributed by atoms with van der Waals surface area (Å²) in [5, 5.41) is 9.69. The Labute approximate surface area is 185 Å². The number of rotatable bonds is 5. The van der Waals surface area contributed by atoms with Gasteiger partial charge in [0.2, 0.25) is 24.2 Å². The largest absolute Gasteiger partial charge is 0.492 e. The molecule has 0 amide bonds. The Morgan fingerprint density at radius 3 is 2.52 bits per heavy atom. The molecule has 0 saturated carbocycles. The van der Waals surface area contributed by atoms with Gasteiger partial charge in [-0.15, -0.1) is 11.6 Å². The number of allylic oxidation sites excluding steroid dienone is 3. The van der Waals surface area contributed by atoms with E-state index in [-0.39, 0.29) is 29.4 Å². The van der Waals surface area contributed by atoms with Crippen molar-refractivity contribution in [3.8, 4) is 29.1 Å². The van der Waals surface area contributed by atoms with Gasteiger partial charge in [-0.05, 0) is 19.8 Å². The van der Waals surface area contributed by atoms with Crippen molar-refractivity contribution < 1.29 is 28.5 Å². The second-order valence-corrected chi connectivity index (χ2v) is 8.29. The lowest BCUT2D eigenvalue weighted by Crippen LogP contribution is -2.28. The minimum absolute atomic E-state index is 0.00881. The molecular weight excluding hydrogens is 424 g/mol. The number of nitrogens with two attached hydrogens (primary N) is 1. The van der Waals surface area contributed by atoms with Crippen molar-refractivity contribution in [1.29, 1.82) is 5.26 Å². The SMILES string of the molecule is COc1c(CC(C)Cl)c(C2C(C#N)=C(N)OC3=C2C(=O)CCC3)c(OC)c2c1OCO2. The predicted octanol–water partition coefficient (Wildman–Crippen LogP) is 3.42. The molecule has 3 aliphatic rings. The number of ether oxygens (including phenoxy) is 5. The van der Waals surface area contributed by atoms with E-state index in [0.29, 0.717) is 71.1 Å². The van der Waals surface area contributed by atoms with Crippen molar-refractivity contribution >= 4 is 17.4 Å². The molecule has 2 atom stereocenters. The fourth-order valence-corrected chi connectivity index (χ4v) is 4.64. The molecule has 0 fully saturated rings. The third-order valence-electron chi connectivity index (χ3n) is 5.66. The standard InChI is InChI=1S/C22H23ClN2O6/c1-10(23)7-11-16(19(28-3)21-20(18(11)27-2)29-9-30-21)15-12(8-24)22(25)31-14-6-4-5-13(26)17(14)15/h10,15H,4-7,9,25H2,1-3H3. The Hall–Kier alpha value is -3.05. The Morgan fingerprint density at radius 1 is 1.23 bits per heavy atom. The van der Waals surface area contributed by atoms with Crippen LogP contribution in [0.25, 0.3) is 0 Å². The van der Waals surface area contributed by atoms with Crippen LogP contribution in [0, 0.1) is 11.3 Å². The van der Waals surface area contributed by atoms with Gasteiger partial charge in [0.15, 0.2) is 17.3 Å². The lowest BCUT2D eigenvalue weighted by Gasteiger charge is -2.33. The molecule has 164 valence electrons. The van der Waals surface area contributed by atoms with Crippen LogP contribution < -0.4 is 24.7 Å². The van der Waals surface area contributed by atoms with Crippen LogP contribution in [0.5, 0.6) is 23.0 Å². The van der Waals surface area contributed by atoms with Crippen LogP contribution in [-0.2, 0) is 16.0 Å². The number of nitriles is 1. The molecule has 4 rings (SSSR count).